The highest BCUT2D eigenvalue weighted by Crippen LogP contribution is 2.16. The number of aromatic amines is 1. The Bertz CT molecular complexity index is 521. The van der Waals surface area contributed by atoms with Gasteiger partial charge < -0.3 is 10.6 Å². The Morgan fingerprint density at radius 3 is 2.50 bits per heavy atom. The third-order valence-corrected chi connectivity index (χ3v) is 3.22. The molecule has 0 bridgehead atoms. The monoisotopic (exact) mass is 300 g/mol. The fraction of sp³-hybridized carbons (Fsp3) is 0.500. The Hall–Kier alpha value is -1.89. The van der Waals surface area contributed by atoms with E-state index in [0.717, 1.165) is 0 Å². The first-order chi connectivity index (χ1) is 9.36. The highest BCUT2D eigenvalue weighted by atomic mass is 35.5. The van der Waals surface area contributed by atoms with Gasteiger partial charge in [-0.25, -0.2) is 5.10 Å². The molecule has 0 radical (unpaired) electrons. The van der Waals surface area contributed by atoms with Crippen LogP contribution in [0.1, 0.15) is 24.3 Å². The molecule has 0 aliphatic rings. The molecule has 0 aromatic carbocycles. The van der Waals surface area contributed by atoms with E-state index in [1.165, 1.54) is 12.1 Å². The largest absolute Gasteiger partial charge is 0.354 e. The zero-order valence-corrected chi connectivity index (χ0v) is 12.1. The lowest BCUT2D eigenvalue weighted by Gasteiger charge is -2.20. The number of amides is 2. The summed E-state index contributed by atoms with van der Waals surface area (Å²) >= 11 is 5.68. The van der Waals surface area contributed by atoms with Gasteiger partial charge in [0.1, 0.15) is 5.69 Å². The van der Waals surface area contributed by atoms with Crippen molar-refractivity contribution in [3.8, 4) is 0 Å². The van der Waals surface area contributed by atoms with Crippen LogP contribution in [0.2, 0.25) is 0 Å². The van der Waals surface area contributed by atoms with Gasteiger partial charge in [0.15, 0.2) is 0 Å². The van der Waals surface area contributed by atoms with E-state index in [9.17, 15) is 14.4 Å². The molecule has 7 nitrogen and oxygen atoms in total. The first-order valence-corrected chi connectivity index (χ1v) is 6.58. The minimum absolute atomic E-state index is 0.108. The summed E-state index contributed by atoms with van der Waals surface area (Å²) in [5.74, 6) is -0.386. The number of H-pyrrole nitrogens is 1. The van der Waals surface area contributed by atoms with Crippen molar-refractivity contribution in [2.45, 2.75) is 13.8 Å². The first kappa shape index (κ1) is 16.2. The fourth-order valence-electron chi connectivity index (χ4n) is 1.21. The van der Waals surface area contributed by atoms with Crippen molar-refractivity contribution in [3.63, 3.8) is 0 Å². The number of hydrogen-bond acceptors (Lipinski definition) is 4. The second kappa shape index (κ2) is 7.04. The van der Waals surface area contributed by atoms with Crippen molar-refractivity contribution in [3.05, 3.63) is 28.2 Å². The summed E-state index contributed by atoms with van der Waals surface area (Å²) in [6.45, 7) is 4.01. The molecule has 1 rings (SSSR count). The number of hydrogen-bond donors (Lipinski definition) is 3. The van der Waals surface area contributed by atoms with Gasteiger partial charge in [0.05, 0.1) is 5.41 Å². The average Bonchev–Trinajstić information content (AvgIpc) is 2.43. The maximum absolute atomic E-state index is 11.7. The molecule has 8 heteroatoms. The van der Waals surface area contributed by atoms with Gasteiger partial charge >= 0.3 is 0 Å². The summed E-state index contributed by atoms with van der Waals surface area (Å²) in [5, 5.41) is 11.0. The topological polar surface area (TPSA) is 104 Å². The number of rotatable bonds is 6. The van der Waals surface area contributed by atoms with E-state index >= 15 is 0 Å². The van der Waals surface area contributed by atoms with Crippen LogP contribution in [-0.2, 0) is 4.79 Å². The Morgan fingerprint density at radius 2 is 1.95 bits per heavy atom. The number of carbonyl (C=O) groups excluding carboxylic acids is 2. The molecule has 0 atom stereocenters. The van der Waals surface area contributed by atoms with Gasteiger partial charge in [-0.15, -0.1) is 11.6 Å². The Kier molecular flexibility index (Phi) is 5.69. The predicted molar refractivity (Wildman–Crippen MR) is 74.7 cm³/mol. The lowest BCUT2D eigenvalue weighted by Crippen LogP contribution is -2.42. The molecular weight excluding hydrogens is 284 g/mol. The summed E-state index contributed by atoms with van der Waals surface area (Å²) < 4.78 is 0. The molecule has 0 aliphatic heterocycles. The van der Waals surface area contributed by atoms with Gasteiger partial charge in [-0.1, -0.05) is 0 Å². The van der Waals surface area contributed by atoms with Gasteiger partial charge in [0.2, 0.25) is 5.91 Å². The third kappa shape index (κ3) is 4.65. The molecule has 3 N–H and O–H groups in total. The van der Waals surface area contributed by atoms with Crippen LogP contribution in [0, 0.1) is 5.41 Å². The minimum atomic E-state index is -0.647. The van der Waals surface area contributed by atoms with Crippen LogP contribution in [0.15, 0.2) is 16.9 Å². The number of carbonyl (C=O) groups is 2. The normalized spacial score (nSPS) is 10.9. The van der Waals surface area contributed by atoms with Crippen LogP contribution in [-0.4, -0.2) is 41.0 Å². The second-order valence-electron chi connectivity index (χ2n) is 4.84. The molecule has 0 fully saturated rings. The molecule has 1 aromatic rings. The fourth-order valence-corrected chi connectivity index (χ4v) is 1.33. The molecule has 1 aromatic heterocycles. The smallest absolute Gasteiger partial charge is 0.271 e. The van der Waals surface area contributed by atoms with Gasteiger partial charge in [-0.05, 0) is 19.9 Å². The first-order valence-electron chi connectivity index (χ1n) is 6.05. The van der Waals surface area contributed by atoms with Crippen molar-refractivity contribution < 1.29 is 9.59 Å². The molecule has 0 spiro atoms. The number of halogens is 1. The third-order valence-electron chi connectivity index (χ3n) is 2.56. The van der Waals surface area contributed by atoms with Crippen LogP contribution >= 0.6 is 11.6 Å². The number of alkyl halides is 1. The summed E-state index contributed by atoms with van der Waals surface area (Å²) in [5.41, 5.74) is -0.916. The Labute approximate surface area is 121 Å². The molecular formula is C12H17ClN4O3. The molecule has 110 valence electrons. The molecule has 0 unspecified atom stereocenters. The molecule has 2 amide bonds. The SMILES string of the molecule is CC(C)(CCl)C(=O)NCCNC(=O)c1ccc(=O)[nH]n1. The molecule has 20 heavy (non-hydrogen) atoms. The Balaban J connectivity index is 2.35. The number of nitrogens with one attached hydrogen (secondary N) is 3. The molecule has 0 saturated heterocycles. The lowest BCUT2D eigenvalue weighted by atomic mass is 9.95. The second-order valence-corrected chi connectivity index (χ2v) is 5.10. The van der Waals surface area contributed by atoms with Gasteiger partial charge in [0, 0.05) is 25.0 Å². The summed E-state index contributed by atoms with van der Waals surface area (Å²) in [4.78, 5) is 34.1. The minimum Gasteiger partial charge on any atom is -0.354 e. The van der Waals surface area contributed by atoms with E-state index in [1.54, 1.807) is 13.8 Å². The standard InChI is InChI=1S/C12H17ClN4O3/c1-12(2,7-13)11(20)15-6-5-14-10(19)8-3-4-9(18)17-16-8/h3-4H,5-7H2,1-2H3,(H,14,19)(H,15,20)(H,17,18). The van der Waals surface area contributed by atoms with Crippen LogP contribution in [0.25, 0.3) is 0 Å². The van der Waals surface area contributed by atoms with Crippen LogP contribution < -0.4 is 16.2 Å². The zero-order valence-electron chi connectivity index (χ0n) is 11.3. The Morgan fingerprint density at radius 1 is 1.30 bits per heavy atom. The van der Waals surface area contributed by atoms with E-state index in [0.29, 0.717) is 0 Å². The highest BCUT2D eigenvalue weighted by Gasteiger charge is 2.25. The number of aromatic nitrogens is 2. The van der Waals surface area contributed by atoms with E-state index < -0.39 is 11.3 Å². The number of nitrogens with zero attached hydrogens (tertiary/aromatic N) is 1. The zero-order chi connectivity index (χ0) is 15.2. The van der Waals surface area contributed by atoms with Crippen molar-refractivity contribution in [1.82, 2.24) is 20.8 Å². The van der Waals surface area contributed by atoms with Crippen molar-refractivity contribution in [1.29, 1.82) is 0 Å². The van der Waals surface area contributed by atoms with Crippen LogP contribution in [0.3, 0.4) is 0 Å². The van der Waals surface area contributed by atoms with Gasteiger partial charge in [-0.2, -0.15) is 5.10 Å². The quantitative estimate of drug-likeness (QED) is 0.503. The van der Waals surface area contributed by atoms with E-state index in [4.69, 9.17) is 11.6 Å². The average molecular weight is 301 g/mol. The van der Waals surface area contributed by atoms with Crippen LogP contribution in [0.4, 0.5) is 0 Å². The summed E-state index contributed by atoms with van der Waals surface area (Å²) in [6.07, 6.45) is 0. The van der Waals surface area contributed by atoms with Gasteiger partial charge in [0.25, 0.3) is 11.5 Å². The van der Waals surface area contributed by atoms with Crippen molar-refractivity contribution in [2.75, 3.05) is 19.0 Å². The summed E-state index contributed by atoms with van der Waals surface area (Å²) in [7, 11) is 0. The molecule has 0 aliphatic carbocycles. The highest BCUT2D eigenvalue weighted by molar-refractivity contribution is 6.19. The predicted octanol–water partition coefficient (Wildman–Crippen LogP) is -0.119. The maximum atomic E-state index is 11.7. The maximum Gasteiger partial charge on any atom is 0.271 e. The molecule has 1 heterocycles. The van der Waals surface area contributed by atoms with E-state index in [-0.39, 0.29) is 36.1 Å². The van der Waals surface area contributed by atoms with Crippen molar-refractivity contribution in [2.24, 2.45) is 5.41 Å². The summed E-state index contributed by atoms with van der Waals surface area (Å²) in [6, 6.07) is 2.54. The van der Waals surface area contributed by atoms with Gasteiger partial charge in [-0.3, -0.25) is 14.4 Å². The van der Waals surface area contributed by atoms with E-state index in [1.807, 2.05) is 0 Å². The molecule has 0 saturated carbocycles. The van der Waals surface area contributed by atoms with Crippen molar-refractivity contribution >= 4 is 23.4 Å². The van der Waals surface area contributed by atoms with E-state index in [2.05, 4.69) is 20.8 Å². The van der Waals surface area contributed by atoms with Crippen LogP contribution in [0.5, 0.6) is 0 Å². The lowest BCUT2D eigenvalue weighted by molar-refractivity contribution is -0.128.